The van der Waals surface area contributed by atoms with E-state index in [0.717, 1.165) is 77.0 Å². The van der Waals surface area contributed by atoms with Gasteiger partial charge in [-0.25, -0.2) is 4.57 Å². The van der Waals surface area contributed by atoms with E-state index in [9.17, 15) is 19.0 Å². The van der Waals surface area contributed by atoms with Crippen LogP contribution in [0.1, 0.15) is 271 Å². The van der Waals surface area contributed by atoms with Gasteiger partial charge in [0, 0.05) is 12.8 Å². The number of hydrogen-bond donors (Lipinski definition) is 2. The number of nitrogens with one attached hydrogen (secondary N) is 1. The summed E-state index contributed by atoms with van der Waals surface area (Å²) >= 11 is 0. The van der Waals surface area contributed by atoms with Gasteiger partial charge >= 0.3 is 13.8 Å². The normalized spacial score (nSPS) is 14.1. The molecule has 3 unspecified atom stereocenters. The summed E-state index contributed by atoms with van der Waals surface area (Å²) in [6.45, 7) is 6.98. The van der Waals surface area contributed by atoms with E-state index in [1.807, 2.05) is 33.3 Å². The fourth-order valence-electron chi connectivity index (χ4n) is 8.40. The summed E-state index contributed by atoms with van der Waals surface area (Å²) in [7, 11) is 1.48. The van der Waals surface area contributed by atoms with Gasteiger partial charge in [-0.1, -0.05) is 224 Å². The molecule has 0 aromatic heterocycles. The molecule has 9 nitrogen and oxygen atoms in total. The van der Waals surface area contributed by atoms with Crippen LogP contribution in [-0.2, 0) is 27.9 Å². The molecule has 0 saturated heterocycles. The lowest BCUT2D eigenvalue weighted by Crippen LogP contribution is -2.47. The number of phosphoric ester groups is 1. The number of hydrogen-bond acceptors (Lipinski definition) is 6. The van der Waals surface area contributed by atoms with Crippen molar-refractivity contribution in [2.24, 2.45) is 0 Å². The minimum absolute atomic E-state index is 0.0346. The molecular formula is C60H114N2O7P+. The average Bonchev–Trinajstić information content (AvgIpc) is 3.32. The van der Waals surface area contributed by atoms with Crippen LogP contribution >= 0.6 is 7.82 Å². The molecule has 2 N–H and O–H groups in total. The summed E-state index contributed by atoms with van der Waals surface area (Å²) < 4.78 is 30.6. The van der Waals surface area contributed by atoms with Crippen molar-refractivity contribution in [1.29, 1.82) is 0 Å². The van der Waals surface area contributed by atoms with Crippen molar-refractivity contribution in [1.82, 2.24) is 5.32 Å². The highest BCUT2D eigenvalue weighted by Gasteiger charge is 2.30. The molecule has 0 fully saturated rings. The Morgan fingerprint density at radius 2 is 0.871 bits per heavy atom. The lowest BCUT2D eigenvalue weighted by atomic mass is 10.0. The average molecular weight is 1010 g/mol. The van der Waals surface area contributed by atoms with Crippen molar-refractivity contribution in [3.8, 4) is 0 Å². The molecule has 0 aromatic rings. The van der Waals surface area contributed by atoms with Gasteiger partial charge in [0.05, 0.1) is 33.8 Å². The number of rotatable bonds is 53. The molecule has 0 aliphatic heterocycles. The molecule has 70 heavy (non-hydrogen) atoms. The highest BCUT2D eigenvalue weighted by molar-refractivity contribution is 7.47. The first-order valence-corrected chi connectivity index (χ1v) is 31.0. The van der Waals surface area contributed by atoms with Crippen molar-refractivity contribution in [2.45, 2.75) is 283 Å². The van der Waals surface area contributed by atoms with Gasteiger partial charge in [-0.15, -0.1) is 0 Å². The second-order valence-electron chi connectivity index (χ2n) is 21.2. The maximum Gasteiger partial charge on any atom is 0.472 e. The number of carbonyl (C=O) groups is 2. The van der Waals surface area contributed by atoms with E-state index in [0.29, 0.717) is 23.9 Å². The first-order valence-electron chi connectivity index (χ1n) is 29.5. The van der Waals surface area contributed by atoms with E-state index in [1.54, 1.807) is 0 Å². The second-order valence-corrected chi connectivity index (χ2v) is 22.6. The third-order valence-corrected chi connectivity index (χ3v) is 14.0. The van der Waals surface area contributed by atoms with Gasteiger partial charge in [0.1, 0.15) is 19.3 Å². The zero-order valence-electron chi connectivity index (χ0n) is 46.8. The van der Waals surface area contributed by atoms with Gasteiger partial charge in [0.2, 0.25) is 5.91 Å². The summed E-state index contributed by atoms with van der Waals surface area (Å²) in [5.41, 5.74) is 0. The van der Waals surface area contributed by atoms with Crippen LogP contribution in [0, 0.1) is 0 Å². The molecular weight excluding hydrogens is 892 g/mol. The van der Waals surface area contributed by atoms with E-state index >= 15 is 0 Å². The van der Waals surface area contributed by atoms with Crippen LogP contribution in [0.25, 0.3) is 0 Å². The fraction of sp³-hybridized carbons (Fsp3) is 0.833. The van der Waals surface area contributed by atoms with E-state index in [4.69, 9.17) is 13.8 Å². The quantitative estimate of drug-likeness (QED) is 0.0156. The maximum atomic E-state index is 13.5. The van der Waals surface area contributed by atoms with Crippen molar-refractivity contribution in [3.63, 3.8) is 0 Å². The van der Waals surface area contributed by atoms with E-state index in [-0.39, 0.29) is 31.5 Å². The zero-order valence-corrected chi connectivity index (χ0v) is 47.7. The molecule has 0 rings (SSSR count). The zero-order chi connectivity index (χ0) is 51.5. The number of likely N-dealkylation sites (N-methyl/N-ethyl adjacent to an activating group) is 1. The molecule has 410 valence electrons. The Morgan fingerprint density at radius 3 is 1.33 bits per heavy atom. The second kappa shape index (κ2) is 50.5. The number of esters is 1. The molecule has 0 aliphatic carbocycles. The fourth-order valence-corrected chi connectivity index (χ4v) is 9.13. The van der Waals surface area contributed by atoms with Crippen molar-refractivity contribution >= 4 is 19.7 Å². The molecule has 0 heterocycles. The van der Waals surface area contributed by atoms with Gasteiger partial charge in [0.25, 0.3) is 0 Å². The highest BCUT2D eigenvalue weighted by atomic mass is 31.2. The van der Waals surface area contributed by atoms with Crippen LogP contribution < -0.4 is 5.32 Å². The van der Waals surface area contributed by atoms with Crippen LogP contribution in [0.3, 0.4) is 0 Å². The Morgan fingerprint density at radius 1 is 0.500 bits per heavy atom. The molecule has 3 atom stereocenters. The number of amides is 1. The number of ether oxygens (including phenoxy) is 1. The first kappa shape index (κ1) is 68.0. The van der Waals surface area contributed by atoms with Crippen LogP contribution in [0.15, 0.2) is 48.6 Å². The summed E-state index contributed by atoms with van der Waals surface area (Å²) in [6, 6.07) is -0.862. The number of carbonyl (C=O) groups excluding carboxylic acids is 2. The number of nitrogens with zero attached hydrogens (tertiary/aromatic N) is 1. The Kier molecular flexibility index (Phi) is 49.0. The van der Waals surface area contributed by atoms with Gasteiger partial charge in [-0.3, -0.25) is 18.6 Å². The molecule has 10 heteroatoms. The maximum absolute atomic E-state index is 13.5. The predicted octanol–water partition coefficient (Wildman–Crippen LogP) is 17.7. The summed E-state index contributed by atoms with van der Waals surface area (Å²) in [5, 5.41) is 3.04. The van der Waals surface area contributed by atoms with E-state index < -0.39 is 20.0 Å². The molecule has 0 aliphatic rings. The molecule has 0 spiro atoms. The number of quaternary nitrogens is 1. The van der Waals surface area contributed by atoms with Crippen molar-refractivity contribution < 1.29 is 37.3 Å². The third-order valence-electron chi connectivity index (χ3n) is 13.0. The molecule has 0 aromatic carbocycles. The largest absolute Gasteiger partial charge is 0.472 e. The minimum Gasteiger partial charge on any atom is -0.456 e. The summed E-state index contributed by atoms with van der Waals surface area (Å²) in [4.78, 5) is 37.6. The lowest BCUT2D eigenvalue weighted by molar-refractivity contribution is -0.870. The van der Waals surface area contributed by atoms with Gasteiger partial charge in [-0.2, -0.15) is 0 Å². The number of allylic oxidation sites excluding steroid dienone is 7. The first-order chi connectivity index (χ1) is 33.9. The Balaban J connectivity index is 5.40. The van der Waals surface area contributed by atoms with Gasteiger partial charge in [0.15, 0.2) is 0 Å². The van der Waals surface area contributed by atoms with Crippen LogP contribution in [-0.4, -0.2) is 74.3 Å². The summed E-state index contributed by atoms with van der Waals surface area (Å²) in [6.07, 6.45) is 61.0. The Labute approximate surface area is 433 Å². The minimum atomic E-state index is -4.45. The molecule has 0 bridgehead atoms. The van der Waals surface area contributed by atoms with Crippen molar-refractivity contribution in [3.05, 3.63) is 48.6 Å². The van der Waals surface area contributed by atoms with E-state index in [1.165, 1.54) is 154 Å². The van der Waals surface area contributed by atoms with Crippen molar-refractivity contribution in [2.75, 3.05) is 40.9 Å². The molecule has 0 saturated carbocycles. The summed E-state index contributed by atoms with van der Waals surface area (Å²) in [5.74, 6) is -0.536. The van der Waals surface area contributed by atoms with Crippen LogP contribution in [0.2, 0.25) is 0 Å². The highest BCUT2D eigenvalue weighted by Crippen LogP contribution is 2.43. The monoisotopic (exact) mass is 1010 g/mol. The van der Waals surface area contributed by atoms with Crippen LogP contribution in [0.5, 0.6) is 0 Å². The topological polar surface area (TPSA) is 111 Å². The van der Waals surface area contributed by atoms with Gasteiger partial charge in [-0.05, 0) is 83.1 Å². The van der Waals surface area contributed by atoms with Crippen LogP contribution in [0.4, 0.5) is 0 Å². The van der Waals surface area contributed by atoms with Gasteiger partial charge < -0.3 is 19.4 Å². The predicted molar refractivity (Wildman–Crippen MR) is 300 cm³/mol. The number of unbranched alkanes of at least 4 members (excludes halogenated alkanes) is 32. The Hall–Kier alpha value is -2.03. The smallest absolute Gasteiger partial charge is 0.456 e. The molecule has 0 radical (unpaired) electrons. The Bertz CT molecular complexity index is 1340. The van der Waals surface area contributed by atoms with E-state index in [2.05, 4.69) is 62.5 Å². The SMILES string of the molecule is CCCCCC/C=C\CCCCCCCCCC(=O)OC(/C=C/CCCCCCCCCCCCC)C(COP(=O)(O)OCC[N+](C)(C)C)NC(=O)CCCCC/C=C/C=C/CCCCCCCCC. The third kappa shape index (κ3) is 50.9. The number of phosphoric acid groups is 1. The lowest BCUT2D eigenvalue weighted by Gasteiger charge is -2.27. The molecule has 1 amide bonds. The standard InChI is InChI=1S/C60H113N2O7P/c1-7-10-13-16-19-22-25-28-30-32-34-37-40-43-46-49-52-59(63)61-57(56-68-70(65,66)67-55-54-62(4,5)6)58(51-48-45-42-39-36-33-27-24-21-18-15-12-9-3)69-60(64)53-50-47-44-41-38-35-31-29-26-23-20-17-14-11-8-2/h23,26,30,32,34,37,48,51,57-58H,7-22,24-25,27-29,31,33,35-36,38-47,49-50,52-56H2,1-6H3,(H-,61,63,65,66)/p+1/b26-23-,32-30+,37-34+,51-48+.